The maximum atomic E-state index is 11.8. The molecular weight excluding hydrogens is 224 g/mol. The van der Waals surface area contributed by atoms with Crippen molar-refractivity contribution in [2.45, 2.75) is 6.92 Å². The van der Waals surface area contributed by atoms with E-state index in [4.69, 9.17) is 0 Å². The molecule has 0 heterocycles. The summed E-state index contributed by atoms with van der Waals surface area (Å²) in [5, 5.41) is 9.66. The first kappa shape index (κ1) is 12.1. The smallest absolute Gasteiger partial charge is 0.185 e. The summed E-state index contributed by atoms with van der Waals surface area (Å²) in [6.07, 6.45) is 3.11. The van der Waals surface area contributed by atoms with Crippen molar-refractivity contribution in [2.24, 2.45) is 0 Å². The highest BCUT2D eigenvalue weighted by atomic mass is 16.3. The number of hydrogen-bond acceptors (Lipinski definition) is 2. The Morgan fingerprint density at radius 3 is 2.56 bits per heavy atom. The Labute approximate surface area is 106 Å². The van der Waals surface area contributed by atoms with Gasteiger partial charge in [-0.05, 0) is 31.2 Å². The molecule has 0 spiro atoms. The summed E-state index contributed by atoms with van der Waals surface area (Å²) in [4.78, 5) is 11.8. The molecular formula is C16H14O2. The molecule has 0 saturated carbocycles. The van der Waals surface area contributed by atoms with E-state index in [1.165, 1.54) is 6.08 Å². The number of aromatic hydroxyl groups is 1. The van der Waals surface area contributed by atoms with E-state index in [1.807, 2.05) is 37.3 Å². The highest BCUT2D eigenvalue weighted by molar-refractivity contribution is 6.06. The molecule has 18 heavy (non-hydrogen) atoms. The number of hydrogen-bond donors (Lipinski definition) is 1. The van der Waals surface area contributed by atoms with Gasteiger partial charge in [-0.15, -0.1) is 0 Å². The predicted molar refractivity (Wildman–Crippen MR) is 72.7 cm³/mol. The molecule has 1 N–H and O–H groups in total. The summed E-state index contributed by atoms with van der Waals surface area (Å²) in [6, 6.07) is 14.3. The van der Waals surface area contributed by atoms with Crippen LogP contribution in [-0.4, -0.2) is 10.9 Å². The van der Waals surface area contributed by atoms with Crippen molar-refractivity contribution in [3.05, 3.63) is 71.3 Å². The predicted octanol–water partition coefficient (Wildman–Crippen LogP) is 3.60. The second-order valence-electron chi connectivity index (χ2n) is 4.13. The fourth-order valence-electron chi connectivity index (χ4n) is 1.67. The van der Waals surface area contributed by atoms with Crippen LogP contribution in [0.3, 0.4) is 0 Å². The van der Waals surface area contributed by atoms with E-state index in [1.54, 1.807) is 24.3 Å². The average Bonchev–Trinajstić information content (AvgIpc) is 2.40. The number of aryl methyl sites for hydroxylation is 1. The summed E-state index contributed by atoms with van der Waals surface area (Å²) in [5.41, 5.74) is 2.33. The molecule has 90 valence electrons. The largest absolute Gasteiger partial charge is 0.507 e. The Morgan fingerprint density at radius 2 is 1.83 bits per heavy atom. The van der Waals surface area contributed by atoms with Gasteiger partial charge in [-0.1, -0.05) is 42.0 Å². The van der Waals surface area contributed by atoms with Crippen molar-refractivity contribution in [1.82, 2.24) is 0 Å². The Bertz CT molecular complexity index is 583. The van der Waals surface area contributed by atoms with Crippen LogP contribution in [0.25, 0.3) is 6.08 Å². The Hall–Kier alpha value is -2.35. The second-order valence-corrected chi connectivity index (χ2v) is 4.13. The molecule has 0 fully saturated rings. The van der Waals surface area contributed by atoms with E-state index in [2.05, 4.69) is 0 Å². The van der Waals surface area contributed by atoms with E-state index < -0.39 is 0 Å². The van der Waals surface area contributed by atoms with Crippen LogP contribution in [-0.2, 0) is 0 Å². The number of ketones is 1. The van der Waals surface area contributed by atoms with Crippen LogP contribution in [0.2, 0.25) is 0 Å². The lowest BCUT2D eigenvalue weighted by molar-refractivity contribution is 0.104. The van der Waals surface area contributed by atoms with Crippen molar-refractivity contribution in [1.29, 1.82) is 0 Å². The SMILES string of the molecule is Cc1ccc(O)c(C=CC(=O)c2ccccc2)c1. The van der Waals surface area contributed by atoms with E-state index in [-0.39, 0.29) is 11.5 Å². The number of carbonyl (C=O) groups is 1. The number of phenols is 1. The minimum absolute atomic E-state index is 0.0727. The van der Waals surface area contributed by atoms with Crippen LogP contribution in [0.5, 0.6) is 5.75 Å². The first-order valence-corrected chi connectivity index (χ1v) is 5.74. The van der Waals surface area contributed by atoms with Gasteiger partial charge >= 0.3 is 0 Å². The van der Waals surface area contributed by atoms with Gasteiger partial charge in [-0.2, -0.15) is 0 Å². The Kier molecular flexibility index (Phi) is 3.58. The van der Waals surface area contributed by atoms with E-state index >= 15 is 0 Å². The summed E-state index contributed by atoms with van der Waals surface area (Å²) in [6.45, 7) is 1.94. The fourth-order valence-corrected chi connectivity index (χ4v) is 1.67. The summed E-state index contributed by atoms with van der Waals surface area (Å²) in [5.74, 6) is 0.106. The van der Waals surface area contributed by atoms with Crippen LogP contribution < -0.4 is 0 Å². The lowest BCUT2D eigenvalue weighted by Gasteiger charge is -2.00. The van der Waals surface area contributed by atoms with Crippen LogP contribution in [0.4, 0.5) is 0 Å². The van der Waals surface area contributed by atoms with Crippen LogP contribution in [0.15, 0.2) is 54.6 Å². The molecule has 0 radical (unpaired) electrons. The molecule has 0 atom stereocenters. The topological polar surface area (TPSA) is 37.3 Å². The molecule has 0 amide bonds. The standard InChI is InChI=1S/C16H14O2/c1-12-7-9-16(18)14(11-12)8-10-15(17)13-5-3-2-4-6-13/h2-11,18H,1H3. The lowest BCUT2D eigenvalue weighted by Crippen LogP contribution is -1.92. The van der Waals surface area contributed by atoms with Crippen LogP contribution >= 0.6 is 0 Å². The number of rotatable bonds is 3. The zero-order valence-electron chi connectivity index (χ0n) is 10.1. The molecule has 0 aliphatic rings. The van der Waals surface area contributed by atoms with E-state index in [0.717, 1.165) is 5.56 Å². The molecule has 2 aromatic carbocycles. The van der Waals surface area contributed by atoms with Gasteiger partial charge in [0.05, 0.1) is 0 Å². The van der Waals surface area contributed by atoms with Crippen LogP contribution in [0, 0.1) is 6.92 Å². The van der Waals surface area contributed by atoms with E-state index in [9.17, 15) is 9.90 Å². The van der Waals surface area contributed by atoms with Crippen molar-refractivity contribution in [3.63, 3.8) is 0 Å². The van der Waals surface area contributed by atoms with Gasteiger partial charge in [0.1, 0.15) is 5.75 Å². The Morgan fingerprint density at radius 1 is 1.11 bits per heavy atom. The second kappa shape index (κ2) is 5.32. The zero-order chi connectivity index (χ0) is 13.0. The third-order valence-corrected chi connectivity index (χ3v) is 2.66. The van der Waals surface area contributed by atoms with Gasteiger partial charge in [-0.3, -0.25) is 4.79 Å². The first-order valence-electron chi connectivity index (χ1n) is 5.74. The van der Waals surface area contributed by atoms with Crippen LogP contribution in [0.1, 0.15) is 21.5 Å². The van der Waals surface area contributed by atoms with Crippen molar-refractivity contribution in [2.75, 3.05) is 0 Å². The van der Waals surface area contributed by atoms with Gasteiger partial charge in [0.15, 0.2) is 5.78 Å². The molecule has 0 unspecified atom stereocenters. The van der Waals surface area contributed by atoms with Crippen molar-refractivity contribution >= 4 is 11.9 Å². The molecule has 0 aliphatic heterocycles. The normalized spacial score (nSPS) is 10.7. The average molecular weight is 238 g/mol. The maximum Gasteiger partial charge on any atom is 0.185 e. The quantitative estimate of drug-likeness (QED) is 0.655. The summed E-state index contributed by atoms with van der Waals surface area (Å²) < 4.78 is 0. The van der Waals surface area contributed by atoms with E-state index in [0.29, 0.717) is 11.1 Å². The summed E-state index contributed by atoms with van der Waals surface area (Å²) in [7, 11) is 0. The highest BCUT2D eigenvalue weighted by Gasteiger charge is 2.01. The number of phenolic OH excluding ortho intramolecular Hbond substituents is 1. The zero-order valence-corrected chi connectivity index (χ0v) is 10.1. The minimum atomic E-state index is -0.0727. The fraction of sp³-hybridized carbons (Fsp3) is 0.0625. The molecule has 0 aromatic heterocycles. The molecule has 0 saturated heterocycles. The monoisotopic (exact) mass is 238 g/mol. The minimum Gasteiger partial charge on any atom is -0.507 e. The molecule has 2 aromatic rings. The first-order chi connectivity index (χ1) is 8.66. The summed E-state index contributed by atoms with van der Waals surface area (Å²) >= 11 is 0. The maximum absolute atomic E-state index is 11.8. The molecule has 0 bridgehead atoms. The van der Waals surface area contributed by atoms with Gasteiger partial charge in [0.2, 0.25) is 0 Å². The number of allylic oxidation sites excluding steroid dienone is 1. The number of benzene rings is 2. The van der Waals surface area contributed by atoms with Gasteiger partial charge < -0.3 is 5.11 Å². The lowest BCUT2D eigenvalue weighted by atomic mass is 10.1. The van der Waals surface area contributed by atoms with Gasteiger partial charge in [0.25, 0.3) is 0 Å². The number of carbonyl (C=O) groups excluding carboxylic acids is 1. The van der Waals surface area contributed by atoms with Crippen molar-refractivity contribution in [3.8, 4) is 5.75 Å². The van der Waals surface area contributed by atoms with Gasteiger partial charge in [-0.25, -0.2) is 0 Å². The molecule has 2 heteroatoms. The van der Waals surface area contributed by atoms with Gasteiger partial charge in [0, 0.05) is 11.1 Å². The van der Waals surface area contributed by atoms with Crippen molar-refractivity contribution < 1.29 is 9.90 Å². The molecule has 0 aliphatic carbocycles. The highest BCUT2D eigenvalue weighted by Crippen LogP contribution is 2.19. The Balaban J connectivity index is 2.21. The molecule has 2 nitrogen and oxygen atoms in total. The third-order valence-electron chi connectivity index (χ3n) is 2.66. The molecule has 2 rings (SSSR count). The third kappa shape index (κ3) is 2.86.